The fourth-order valence-corrected chi connectivity index (χ4v) is 5.88. The smallest absolute Gasteiger partial charge is 0.314 e. The van der Waals surface area contributed by atoms with Gasteiger partial charge in [-0.05, 0) is 29.8 Å². The Hall–Kier alpha value is -1.89. The lowest BCUT2D eigenvalue weighted by molar-refractivity contribution is -0.145. The van der Waals surface area contributed by atoms with Gasteiger partial charge in [-0.15, -0.1) is 0 Å². The van der Waals surface area contributed by atoms with Gasteiger partial charge in [-0.3, -0.25) is 4.79 Å². The van der Waals surface area contributed by atoms with Crippen molar-refractivity contribution in [1.29, 1.82) is 0 Å². The second kappa shape index (κ2) is 5.88. The third kappa shape index (κ3) is 2.42. The van der Waals surface area contributed by atoms with E-state index in [0.29, 0.717) is 10.6 Å². The molecule has 0 unspecified atom stereocenters. The second-order valence-corrected chi connectivity index (χ2v) is 8.32. The third-order valence-electron chi connectivity index (χ3n) is 4.53. The van der Waals surface area contributed by atoms with Crippen LogP contribution in [0.15, 0.2) is 59.5 Å². The number of aliphatic carboxylic acids is 1. The molecule has 0 saturated heterocycles. The number of hydrogen-bond donors (Lipinski definition) is 2. The Balaban J connectivity index is 2.13. The van der Waals surface area contributed by atoms with E-state index in [2.05, 4.69) is 0 Å². The monoisotopic (exact) mass is 366 g/mol. The van der Waals surface area contributed by atoms with E-state index in [9.17, 15) is 23.4 Å². The van der Waals surface area contributed by atoms with E-state index in [0.717, 1.165) is 0 Å². The quantitative estimate of drug-likeness (QED) is 0.847. The Morgan fingerprint density at radius 2 is 1.79 bits per heavy atom. The normalized spacial score (nSPS) is 26.1. The van der Waals surface area contributed by atoms with Crippen LogP contribution >= 0.6 is 11.6 Å². The number of benzene rings is 2. The van der Waals surface area contributed by atoms with Crippen molar-refractivity contribution in [3.05, 3.63) is 65.2 Å². The average molecular weight is 367 g/mol. The minimum Gasteiger partial charge on any atom is -0.481 e. The van der Waals surface area contributed by atoms with Gasteiger partial charge in [0.05, 0.1) is 16.8 Å². The molecule has 3 rings (SSSR count). The topological polar surface area (TPSA) is 91.7 Å². The molecular formula is C17H15ClO5S. The molecule has 7 heteroatoms. The van der Waals surface area contributed by atoms with Crippen LogP contribution in [0.1, 0.15) is 11.5 Å². The zero-order valence-electron chi connectivity index (χ0n) is 12.5. The average Bonchev–Trinajstić information content (AvgIpc) is 3.27. The lowest BCUT2D eigenvalue weighted by Gasteiger charge is -2.09. The van der Waals surface area contributed by atoms with Crippen LogP contribution in [0, 0.1) is 5.41 Å². The van der Waals surface area contributed by atoms with Gasteiger partial charge >= 0.3 is 5.97 Å². The molecule has 1 saturated carbocycles. The van der Waals surface area contributed by atoms with Crippen LogP contribution in [-0.4, -0.2) is 36.5 Å². The summed E-state index contributed by atoms with van der Waals surface area (Å²) in [6, 6.07) is 14.1. The number of carboxylic acid groups (broad SMARTS) is 1. The van der Waals surface area contributed by atoms with Crippen LogP contribution in [0.4, 0.5) is 0 Å². The fraction of sp³-hybridized carbons (Fsp3) is 0.235. The van der Waals surface area contributed by atoms with Gasteiger partial charge < -0.3 is 10.2 Å². The first-order valence-electron chi connectivity index (χ1n) is 7.24. The predicted octanol–water partition coefficient (Wildman–Crippen LogP) is 2.34. The molecule has 0 amide bonds. The van der Waals surface area contributed by atoms with Gasteiger partial charge in [0.1, 0.15) is 5.41 Å². The molecule has 1 fully saturated rings. The summed E-state index contributed by atoms with van der Waals surface area (Å²) in [4.78, 5) is 11.9. The molecule has 5 nitrogen and oxygen atoms in total. The van der Waals surface area contributed by atoms with Crippen molar-refractivity contribution in [3.63, 3.8) is 0 Å². The summed E-state index contributed by atoms with van der Waals surface area (Å²) >= 11 is 5.95. The maximum atomic E-state index is 12.9. The largest absolute Gasteiger partial charge is 0.481 e. The number of aliphatic hydroxyl groups excluding tert-OH is 1. The molecule has 2 aromatic carbocycles. The van der Waals surface area contributed by atoms with E-state index < -0.39 is 39.0 Å². The van der Waals surface area contributed by atoms with Gasteiger partial charge in [-0.1, -0.05) is 41.9 Å². The molecule has 2 N–H and O–H groups in total. The number of carbonyl (C=O) groups is 1. The lowest BCUT2D eigenvalue weighted by Crippen LogP contribution is -2.27. The summed E-state index contributed by atoms with van der Waals surface area (Å²) in [6.45, 7) is -0.768. The zero-order chi connectivity index (χ0) is 17.5. The molecule has 3 atom stereocenters. The number of rotatable bonds is 5. The highest BCUT2D eigenvalue weighted by Gasteiger charge is 2.75. The highest BCUT2D eigenvalue weighted by molar-refractivity contribution is 7.92. The Kier molecular flexibility index (Phi) is 4.15. The van der Waals surface area contributed by atoms with Gasteiger partial charge in [0.25, 0.3) is 0 Å². The minimum atomic E-state index is -3.92. The number of aliphatic hydroxyl groups is 1. The molecule has 0 bridgehead atoms. The van der Waals surface area contributed by atoms with Crippen LogP contribution < -0.4 is 0 Å². The van der Waals surface area contributed by atoms with Crippen molar-refractivity contribution >= 4 is 27.4 Å². The van der Waals surface area contributed by atoms with E-state index in [1.54, 1.807) is 42.5 Å². The molecule has 0 heterocycles. The molecular weight excluding hydrogens is 352 g/mol. The Labute approximate surface area is 144 Å². The molecule has 0 radical (unpaired) electrons. The van der Waals surface area contributed by atoms with Crippen LogP contribution in [0.5, 0.6) is 0 Å². The van der Waals surface area contributed by atoms with Crippen LogP contribution in [-0.2, 0) is 14.6 Å². The van der Waals surface area contributed by atoms with Gasteiger partial charge in [-0.2, -0.15) is 0 Å². The van der Waals surface area contributed by atoms with E-state index in [4.69, 9.17) is 11.6 Å². The van der Waals surface area contributed by atoms with Crippen molar-refractivity contribution in [2.45, 2.75) is 16.1 Å². The van der Waals surface area contributed by atoms with Crippen molar-refractivity contribution in [2.24, 2.45) is 5.41 Å². The van der Waals surface area contributed by atoms with E-state index >= 15 is 0 Å². The summed E-state index contributed by atoms with van der Waals surface area (Å²) in [6.07, 6.45) is 0. The summed E-state index contributed by atoms with van der Waals surface area (Å²) in [5.41, 5.74) is -1.28. The highest BCUT2D eigenvalue weighted by Crippen LogP contribution is 2.64. The molecule has 24 heavy (non-hydrogen) atoms. The SMILES string of the molecule is O=C(O)[C@]1(CO)[C@H](c2cccc(Cl)c2)[C@H]1S(=O)(=O)c1ccccc1. The second-order valence-electron chi connectivity index (χ2n) is 5.81. The number of carboxylic acids is 1. The lowest BCUT2D eigenvalue weighted by atomic mass is 10.0. The number of halogens is 1. The van der Waals surface area contributed by atoms with Gasteiger partial charge in [0.2, 0.25) is 0 Å². The first-order chi connectivity index (χ1) is 11.4. The van der Waals surface area contributed by atoms with E-state index in [-0.39, 0.29) is 4.90 Å². The van der Waals surface area contributed by atoms with Gasteiger partial charge in [-0.25, -0.2) is 8.42 Å². The van der Waals surface area contributed by atoms with E-state index in [1.165, 1.54) is 12.1 Å². The predicted molar refractivity (Wildman–Crippen MR) is 88.8 cm³/mol. The summed E-state index contributed by atoms with van der Waals surface area (Å²) in [5.74, 6) is -2.19. The maximum absolute atomic E-state index is 12.9. The maximum Gasteiger partial charge on any atom is 0.314 e. The minimum absolute atomic E-state index is 0.0404. The van der Waals surface area contributed by atoms with Crippen molar-refractivity contribution in [3.8, 4) is 0 Å². The Bertz CT molecular complexity index is 881. The van der Waals surface area contributed by atoms with Gasteiger partial charge in [0, 0.05) is 10.9 Å². The third-order valence-corrected chi connectivity index (χ3v) is 7.06. The Morgan fingerprint density at radius 1 is 1.12 bits per heavy atom. The zero-order valence-corrected chi connectivity index (χ0v) is 14.0. The fourth-order valence-electron chi connectivity index (χ4n) is 3.30. The molecule has 2 aromatic rings. The first kappa shape index (κ1) is 17.0. The molecule has 1 aliphatic rings. The molecule has 0 spiro atoms. The van der Waals surface area contributed by atoms with Crippen molar-refractivity contribution in [2.75, 3.05) is 6.61 Å². The molecule has 1 aliphatic carbocycles. The number of hydrogen-bond acceptors (Lipinski definition) is 4. The van der Waals surface area contributed by atoms with Crippen LogP contribution in [0.2, 0.25) is 5.02 Å². The van der Waals surface area contributed by atoms with Gasteiger partial charge in [0.15, 0.2) is 9.84 Å². The highest BCUT2D eigenvalue weighted by atomic mass is 35.5. The number of sulfone groups is 1. The van der Waals surface area contributed by atoms with Crippen molar-refractivity contribution < 1.29 is 23.4 Å². The Morgan fingerprint density at radius 3 is 2.33 bits per heavy atom. The van der Waals surface area contributed by atoms with Crippen molar-refractivity contribution in [1.82, 2.24) is 0 Å². The molecule has 0 aliphatic heterocycles. The van der Waals surface area contributed by atoms with E-state index in [1.807, 2.05) is 0 Å². The van der Waals surface area contributed by atoms with Crippen LogP contribution in [0.25, 0.3) is 0 Å². The summed E-state index contributed by atoms with van der Waals surface area (Å²) in [5, 5.41) is 18.5. The standard InChI is InChI=1S/C17H15ClO5S/c18-12-6-4-5-11(9-12)14-15(17(14,10-19)16(20)21)24(22,23)13-7-2-1-3-8-13/h1-9,14-15,19H,10H2,(H,20,21)/t14-,15-,17-/m1/s1. The molecule has 126 valence electrons. The van der Waals surface area contributed by atoms with Crippen LogP contribution in [0.3, 0.4) is 0 Å². The molecule has 0 aromatic heterocycles. The summed E-state index contributed by atoms with van der Waals surface area (Å²) in [7, 11) is -3.92. The first-order valence-corrected chi connectivity index (χ1v) is 9.17. The summed E-state index contributed by atoms with van der Waals surface area (Å²) < 4.78 is 25.9.